The maximum Gasteiger partial charge on any atom is 0.0498 e. The van der Waals surface area contributed by atoms with E-state index in [-0.39, 0.29) is 0 Å². The zero-order valence-corrected chi connectivity index (χ0v) is 12.4. The Morgan fingerprint density at radius 1 is 1.16 bits per heavy atom. The van der Waals surface area contributed by atoms with E-state index in [4.69, 9.17) is 0 Å². The van der Waals surface area contributed by atoms with Gasteiger partial charge in [-0.05, 0) is 35.7 Å². The molecule has 1 aliphatic heterocycles. The average molecular weight is 312 g/mol. The molecule has 0 aliphatic carbocycles. The van der Waals surface area contributed by atoms with Crippen molar-refractivity contribution in [2.24, 2.45) is 0 Å². The van der Waals surface area contributed by atoms with E-state index in [1.165, 1.54) is 37.8 Å². The highest BCUT2D eigenvalue weighted by molar-refractivity contribution is 9.10. The molecular formula is C17H14BrN. The van der Waals surface area contributed by atoms with Crippen molar-refractivity contribution in [3.05, 3.63) is 58.1 Å². The molecule has 2 heterocycles. The van der Waals surface area contributed by atoms with Crippen LogP contribution in [0.25, 0.3) is 22.2 Å². The molecule has 0 radical (unpaired) electrons. The van der Waals surface area contributed by atoms with E-state index >= 15 is 0 Å². The lowest BCUT2D eigenvalue weighted by atomic mass is 10.0. The Kier molecular flexibility index (Phi) is 2.36. The third-order valence-corrected chi connectivity index (χ3v) is 4.86. The molecule has 0 bridgehead atoms. The minimum Gasteiger partial charge on any atom is -0.336 e. The maximum atomic E-state index is 3.67. The molecule has 0 saturated carbocycles. The number of fused-ring (bicyclic) bond motifs is 5. The van der Waals surface area contributed by atoms with Crippen molar-refractivity contribution < 1.29 is 0 Å². The Bertz CT molecular complexity index is 798. The van der Waals surface area contributed by atoms with Gasteiger partial charge in [0.05, 0.1) is 0 Å². The lowest BCUT2D eigenvalue weighted by molar-refractivity contribution is 0.886. The molecule has 94 valence electrons. The Labute approximate surface area is 121 Å². The second-order valence-electron chi connectivity index (χ2n) is 5.09. The summed E-state index contributed by atoms with van der Waals surface area (Å²) in [5.74, 6) is 0. The number of halogens is 1. The van der Waals surface area contributed by atoms with E-state index in [9.17, 15) is 0 Å². The summed E-state index contributed by atoms with van der Waals surface area (Å²) in [5, 5.41) is 1.39. The standard InChI is InChI=1S/C17H14BrN/c1-2-12-14-9-17-13-6-4-3-5-11(13)10-19(17)16(14)8-7-15(12)18/h3-9H,2,10H2,1H3. The van der Waals surface area contributed by atoms with E-state index in [0.29, 0.717) is 0 Å². The first-order valence-electron chi connectivity index (χ1n) is 6.68. The van der Waals surface area contributed by atoms with Crippen LogP contribution in [0.1, 0.15) is 18.1 Å². The van der Waals surface area contributed by atoms with Crippen LogP contribution in [0.15, 0.2) is 46.9 Å². The molecule has 0 spiro atoms. The summed E-state index contributed by atoms with van der Waals surface area (Å²) in [4.78, 5) is 0. The van der Waals surface area contributed by atoms with Gasteiger partial charge in [-0.3, -0.25) is 0 Å². The Morgan fingerprint density at radius 3 is 2.84 bits per heavy atom. The minimum absolute atomic E-state index is 1.000. The van der Waals surface area contributed by atoms with Crippen LogP contribution in [-0.2, 0) is 13.0 Å². The van der Waals surface area contributed by atoms with Crippen LogP contribution in [0.2, 0.25) is 0 Å². The first-order chi connectivity index (χ1) is 9.29. The lowest BCUT2D eigenvalue weighted by Crippen LogP contribution is -1.93. The Hall–Kier alpha value is -1.54. The molecular weight excluding hydrogens is 298 g/mol. The van der Waals surface area contributed by atoms with Gasteiger partial charge >= 0.3 is 0 Å². The van der Waals surface area contributed by atoms with E-state index in [2.05, 4.69) is 69.9 Å². The summed E-state index contributed by atoms with van der Waals surface area (Å²) in [7, 11) is 0. The van der Waals surface area contributed by atoms with E-state index < -0.39 is 0 Å². The normalized spacial score (nSPS) is 12.7. The molecule has 2 aromatic carbocycles. The summed E-state index contributed by atoms with van der Waals surface area (Å²) in [5.41, 5.74) is 6.94. The van der Waals surface area contributed by atoms with E-state index in [0.717, 1.165) is 13.0 Å². The van der Waals surface area contributed by atoms with Gasteiger partial charge in [0.25, 0.3) is 0 Å². The number of aromatic nitrogens is 1. The molecule has 3 aromatic rings. The zero-order valence-electron chi connectivity index (χ0n) is 10.8. The van der Waals surface area contributed by atoms with Crippen molar-refractivity contribution in [2.75, 3.05) is 0 Å². The van der Waals surface area contributed by atoms with Crippen LogP contribution in [0.3, 0.4) is 0 Å². The van der Waals surface area contributed by atoms with Crippen molar-refractivity contribution in [3.8, 4) is 11.3 Å². The second kappa shape index (κ2) is 3.97. The van der Waals surface area contributed by atoms with Crippen molar-refractivity contribution >= 4 is 26.8 Å². The third kappa shape index (κ3) is 1.47. The highest BCUT2D eigenvalue weighted by Gasteiger charge is 2.21. The second-order valence-corrected chi connectivity index (χ2v) is 5.94. The Morgan fingerprint density at radius 2 is 2.00 bits per heavy atom. The molecule has 4 rings (SSSR count). The molecule has 0 fully saturated rings. The first-order valence-corrected chi connectivity index (χ1v) is 7.48. The fourth-order valence-corrected chi connectivity index (χ4v) is 3.82. The van der Waals surface area contributed by atoms with Gasteiger partial charge in [0.1, 0.15) is 0 Å². The number of nitrogens with zero attached hydrogens (tertiary/aromatic N) is 1. The van der Waals surface area contributed by atoms with Gasteiger partial charge in [0.2, 0.25) is 0 Å². The molecule has 0 unspecified atom stereocenters. The monoisotopic (exact) mass is 311 g/mol. The number of rotatable bonds is 1. The molecule has 19 heavy (non-hydrogen) atoms. The molecule has 0 saturated heterocycles. The largest absolute Gasteiger partial charge is 0.336 e. The van der Waals surface area contributed by atoms with Gasteiger partial charge in [0, 0.05) is 33.2 Å². The topological polar surface area (TPSA) is 4.93 Å². The SMILES string of the molecule is CCc1c(Br)ccc2c1cc1n2Cc2ccccc2-1. The molecule has 0 amide bonds. The lowest BCUT2D eigenvalue weighted by Gasteiger charge is -2.06. The number of benzene rings is 2. The predicted molar refractivity (Wildman–Crippen MR) is 83.6 cm³/mol. The minimum atomic E-state index is 1.000. The molecule has 1 aliphatic rings. The van der Waals surface area contributed by atoms with Gasteiger partial charge in [0.15, 0.2) is 0 Å². The van der Waals surface area contributed by atoms with Crippen LogP contribution >= 0.6 is 15.9 Å². The average Bonchev–Trinajstić information content (AvgIpc) is 2.94. The highest BCUT2D eigenvalue weighted by Crippen LogP contribution is 2.39. The van der Waals surface area contributed by atoms with Crippen molar-refractivity contribution in [1.82, 2.24) is 4.57 Å². The quantitative estimate of drug-likeness (QED) is 0.466. The summed E-state index contributed by atoms with van der Waals surface area (Å²) >= 11 is 3.67. The fraction of sp³-hybridized carbons (Fsp3) is 0.176. The zero-order chi connectivity index (χ0) is 13.0. The summed E-state index contributed by atoms with van der Waals surface area (Å²) in [6.07, 6.45) is 1.06. The smallest absolute Gasteiger partial charge is 0.0498 e. The van der Waals surface area contributed by atoms with Crippen molar-refractivity contribution in [1.29, 1.82) is 0 Å². The molecule has 1 nitrogen and oxygen atoms in total. The van der Waals surface area contributed by atoms with Crippen LogP contribution in [-0.4, -0.2) is 4.57 Å². The van der Waals surface area contributed by atoms with Gasteiger partial charge in [-0.2, -0.15) is 0 Å². The van der Waals surface area contributed by atoms with Crippen LogP contribution in [0.4, 0.5) is 0 Å². The highest BCUT2D eigenvalue weighted by atomic mass is 79.9. The van der Waals surface area contributed by atoms with Crippen molar-refractivity contribution in [2.45, 2.75) is 19.9 Å². The summed E-state index contributed by atoms with van der Waals surface area (Å²) in [6, 6.07) is 15.5. The van der Waals surface area contributed by atoms with Gasteiger partial charge < -0.3 is 4.57 Å². The first kappa shape index (κ1) is 11.3. The van der Waals surface area contributed by atoms with E-state index in [1.54, 1.807) is 0 Å². The molecule has 2 heteroatoms. The van der Waals surface area contributed by atoms with Crippen LogP contribution < -0.4 is 0 Å². The fourth-order valence-electron chi connectivity index (χ4n) is 3.20. The number of hydrogen-bond acceptors (Lipinski definition) is 0. The van der Waals surface area contributed by atoms with Gasteiger partial charge in [-0.25, -0.2) is 0 Å². The number of hydrogen-bond donors (Lipinski definition) is 0. The van der Waals surface area contributed by atoms with Crippen molar-refractivity contribution in [3.63, 3.8) is 0 Å². The maximum absolute atomic E-state index is 3.67. The molecule has 0 N–H and O–H groups in total. The molecule has 0 atom stereocenters. The van der Waals surface area contributed by atoms with E-state index in [1.807, 2.05) is 0 Å². The number of aryl methyl sites for hydroxylation is 1. The van der Waals surface area contributed by atoms with Gasteiger partial charge in [-0.15, -0.1) is 0 Å². The van der Waals surface area contributed by atoms with Crippen LogP contribution in [0, 0.1) is 0 Å². The third-order valence-electron chi connectivity index (χ3n) is 4.11. The molecule has 1 aromatic heterocycles. The Balaban J connectivity index is 2.08. The van der Waals surface area contributed by atoms with Gasteiger partial charge in [-0.1, -0.05) is 47.1 Å². The van der Waals surface area contributed by atoms with Crippen LogP contribution in [0.5, 0.6) is 0 Å². The summed E-state index contributed by atoms with van der Waals surface area (Å²) < 4.78 is 3.66. The predicted octanol–water partition coefficient (Wildman–Crippen LogP) is 4.99. The summed E-state index contributed by atoms with van der Waals surface area (Å²) in [6.45, 7) is 3.22.